The molecule has 0 atom stereocenters. The van der Waals surface area contributed by atoms with Crippen LogP contribution in [0.1, 0.15) is 44.9 Å². The lowest BCUT2D eigenvalue weighted by Crippen LogP contribution is -2.22. The summed E-state index contributed by atoms with van der Waals surface area (Å²) in [6, 6.07) is 4.18. The average Bonchev–Trinajstić information content (AvgIpc) is 2.49. The molecule has 23 heavy (non-hydrogen) atoms. The van der Waals surface area contributed by atoms with E-state index in [-0.39, 0.29) is 16.6 Å². The molecule has 8 heteroatoms. The van der Waals surface area contributed by atoms with E-state index in [4.69, 9.17) is 0 Å². The van der Waals surface area contributed by atoms with E-state index in [2.05, 4.69) is 10.0 Å². The third-order valence-electron chi connectivity index (χ3n) is 4.21. The molecule has 0 heterocycles. The molecule has 0 aliphatic heterocycles. The van der Waals surface area contributed by atoms with E-state index in [0.29, 0.717) is 5.69 Å². The zero-order chi connectivity index (χ0) is 16.9. The van der Waals surface area contributed by atoms with Crippen LogP contribution in [0.4, 0.5) is 11.4 Å². The van der Waals surface area contributed by atoms with E-state index >= 15 is 0 Å². The lowest BCUT2D eigenvalue weighted by Gasteiger charge is -2.22. The molecule has 0 saturated heterocycles. The van der Waals surface area contributed by atoms with E-state index in [1.54, 1.807) is 0 Å². The maximum Gasteiger partial charge on any atom is 0.293 e. The molecule has 1 aromatic rings. The fraction of sp³-hybridized carbons (Fsp3) is 0.600. The van der Waals surface area contributed by atoms with Gasteiger partial charge >= 0.3 is 0 Å². The van der Waals surface area contributed by atoms with Crippen molar-refractivity contribution >= 4 is 21.4 Å². The van der Waals surface area contributed by atoms with Crippen molar-refractivity contribution in [3.05, 3.63) is 28.3 Å². The number of nitrogens with one attached hydrogen (secondary N) is 2. The van der Waals surface area contributed by atoms with Crippen LogP contribution in [-0.4, -0.2) is 26.4 Å². The zero-order valence-corrected chi connectivity index (χ0v) is 14.1. The van der Waals surface area contributed by atoms with E-state index < -0.39 is 14.9 Å². The molecule has 1 aromatic carbocycles. The summed E-state index contributed by atoms with van der Waals surface area (Å²) < 4.78 is 25.8. The third kappa shape index (κ3) is 4.65. The van der Waals surface area contributed by atoms with E-state index in [0.717, 1.165) is 31.7 Å². The minimum atomic E-state index is -3.70. The van der Waals surface area contributed by atoms with Crippen molar-refractivity contribution in [2.75, 3.05) is 12.4 Å². The quantitative estimate of drug-likeness (QED) is 0.633. The summed E-state index contributed by atoms with van der Waals surface area (Å²) >= 11 is 0. The number of hydrogen-bond donors (Lipinski definition) is 2. The average molecular weight is 341 g/mol. The molecule has 7 nitrogen and oxygen atoms in total. The summed E-state index contributed by atoms with van der Waals surface area (Å²) in [6.45, 7) is 0. The van der Waals surface area contributed by atoms with E-state index in [1.807, 2.05) is 0 Å². The smallest absolute Gasteiger partial charge is 0.293 e. The van der Waals surface area contributed by atoms with Crippen LogP contribution in [0.3, 0.4) is 0 Å². The van der Waals surface area contributed by atoms with Crippen molar-refractivity contribution in [1.82, 2.24) is 4.72 Å². The number of benzene rings is 1. The first-order chi connectivity index (χ1) is 10.9. The predicted molar refractivity (Wildman–Crippen MR) is 89.1 cm³/mol. The van der Waals surface area contributed by atoms with Crippen LogP contribution in [0.2, 0.25) is 0 Å². The van der Waals surface area contributed by atoms with Crippen LogP contribution in [0.5, 0.6) is 0 Å². The van der Waals surface area contributed by atoms with Crippen molar-refractivity contribution in [1.29, 1.82) is 0 Å². The second-order valence-corrected chi connectivity index (χ2v) is 7.72. The molecule has 0 radical (unpaired) electrons. The summed E-state index contributed by atoms with van der Waals surface area (Å²) in [6.07, 6.45) is 7.82. The van der Waals surface area contributed by atoms with Gasteiger partial charge in [-0.15, -0.1) is 0 Å². The summed E-state index contributed by atoms with van der Waals surface area (Å²) in [4.78, 5) is 10.7. The number of hydrogen-bond acceptors (Lipinski definition) is 5. The molecular weight excluding hydrogens is 318 g/mol. The Morgan fingerprint density at radius 3 is 2.30 bits per heavy atom. The first-order valence-corrected chi connectivity index (χ1v) is 9.41. The van der Waals surface area contributed by atoms with Crippen molar-refractivity contribution in [2.45, 2.75) is 55.9 Å². The number of nitro benzene ring substituents is 1. The molecule has 1 aliphatic rings. The molecule has 2 rings (SSSR count). The number of nitrogens with zero attached hydrogens (tertiary/aromatic N) is 1. The predicted octanol–water partition coefficient (Wildman–Crippen LogP) is 3.03. The molecule has 1 fully saturated rings. The minimum absolute atomic E-state index is 0.102. The number of rotatable bonds is 5. The molecule has 128 valence electrons. The van der Waals surface area contributed by atoms with Crippen LogP contribution < -0.4 is 10.0 Å². The zero-order valence-electron chi connectivity index (χ0n) is 13.2. The first-order valence-electron chi connectivity index (χ1n) is 7.92. The lowest BCUT2D eigenvalue weighted by atomic mass is 9.96. The molecular formula is C15H23N3O4S. The van der Waals surface area contributed by atoms with Crippen LogP contribution in [0, 0.1) is 10.1 Å². The monoisotopic (exact) mass is 341 g/mol. The summed E-state index contributed by atoms with van der Waals surface area (Å²) in [5, 5.41) is 14.5. The lowest BCUT2D eigenvalue weighted by molar-refractivity contribution is -0.384. The molecule has 1 saturated carbocycles. The fourth-order valence-electron chi connectivity index (χ4n) is 2.89. The van der Waals surface area contributed by atoms with Gasteiger partial charge in [0.1, 0.15) is 5.69 Å². The Bertz CT molecular complexity index is 653. The first kappa shape index (κ1) is 17.7. The highest BCUT2D eigenvalue weighted by Gasteiger charge is 2.22. The van der Waals surface area contributed by atoms with Gasteiger partial charge in [-0.1, -0.05) is 32.1 Å². The summed E-state index contributed by atoms with van der Waals surface area (Å²) in [7, 11) is -2.42. The highest BCUT2D eigenvalue weighted by atomic mass is 32.2. The molecule has 0 amide bonds. The van der Waals surface area contributed by atoms with Crippen LogP contribution in [-0.2, 0) is 10.0 Å². The van der Waals surface area contributed by atoms with Crippen LogP contribution >= 0.6 is 0 Å². The molecule has 0 spiro atoms. The normalized spacial score (nSPS) is 17.3. The van der Waals surface area contributed by atoms with Crippen molar-refractivity contribution in [3.63, 3.8) is 0 Å². The number of anilines is 1. The van der Waals surface area contributed by atoms with E-state index in [1.165, 1.54) is 38.4 Å². The third-order valence-corrected chi connectivity index (χ3v) is 5.62. The van der Waals surface area contributed by atoms with Gasteiger partial charge in [-0.05, 0) is 32.0 Å². The van der Waals surface area contributed by atoms with Crippen LogP contribution in [0.15, 0.2) is 23.1 Å². The Hall–Kier alpha value is -1.67. The van der Waals surface area contributed by atoms with Gasteiger partial charge in [0.05, 0.1) is 9.82 Å². The standard InChI is InChI=1S/C15H23N3O4S/c1-16-23(21,22)13-9-10-14(15(11-13)18(19)20)17-12-7-5-3-2-4-6-8-12/h9-12,16-17H,2-8H2,1H3. The van der Waals surface area contributed by atoms with Crippen molar-refractivity contribution in [3.8, 4) is 0 Å². The van der Waals surface area contributed by atoms with Crippen LogP contribution in [0.25, 0.3) is 0 Å². The Kier molecular flexibility index (Phi) is 5.95. The van der Waals surface area contributed by atoms with E-state index in [9.17, 15) is 18.5 Å². The van der Waals surface area contributed by atoms with Gasteiger partial charge in [0, 0.05) is 12.1 Å². The molecule has 1 aliphatic carbocycles. The summed E-state index contributed by atoms with van der Waals surface area (Å²) in [5.74, 6) is 0. The van der Waals surface area contributed by atoms with Crippen molar-refractivity contribution in [2.24, 2.45) is 0 Å². The van der Waals surface area contributed by atoms with Crippen molar-refractivity contribution < 1.29 is 13.3 Å². The molecule has 2 N–H and O–H groups in total. The highest BCUT2D eigenvalue weighted by molar-refractivity contribution is 7.89. The highest BCUT2D eigenvalue weighted by Crippen LogP contribution is 2.30. The van der Waals surface area contributed by atoms with Gasteiger partial charge in [0.15, 0.2) is 0 Å². The maximum absolute atomic E-state index is 11.8. The largest absolute Gasteiger partial charge is 0.377 e. The van der Waals surface area contributed by atoms with Gasteiger partial charge < -0.3 is 5.32 Å². The number of nitro groups is 1. The Labute approximate surface area is 136 Å². The number of sulfonamides is 1. The molecule has 0 aromatic heterocycles. The Morgan fingerprint density at radius 2 is 1.74 bits per heavy atom. The van der Waals surface area contributed by atoms with Gasteiger partial charge in [0.2, 0.25) is 10.0 Å². The van der Waals surface area contributed by atoms with Gasteiger partial charge in [-0.3, -0.25) is 10.1 Å². The van der Waals surface area contributed by atoms with Gasteiger partial charge in [-0.2, -0.15) is 0 Å². The maximum atomic E-state index is 11.8. The SMILES string of the molecule is CNS(=O)(=O)c1ccc(NC2CCCCCCC2)c([N+](=O)[O-])c1. The topological polar surface area (TPSA) is 101 Å². The Morgan fingerprint density at radius 1 is 1.13 bits per heavy atom. The minimum Gasteiger partial charge on any atom is -0.377 e. The van der Waals surface area contributed by atoms with Gasteiger partial charge in [0.25, 0.3) is 5.69 Å². The Balaban J connectivity index is 2.25. The van der Waals surface area contributed by atoms with Gasteiger partial charge in [-0.25, -0.2) is 13.1 Å². The second kappa shape index (κ2) is 7.74. The second-order valence-electron chi connectivity index (χ2n) is 5.83. The molecule has 0 bridgehead atoms. The summed E-state index contributed by atoms with van der Waals surface area (Å²) in [5.41, 5.74) is 0.180. The molecule has 0 unspecified atom stereocenters. The fourth-order valence-corrected chi connectivity index (χ4v) is 3.64.